The second-order valence-electron chi connectivity index (χ2n) is 8.99. The van der Waals surface area contributed by atoms with Crippen molar-refractivity contribution in [1.82, 2.24) is 10.2 Å². The predicted molar refractivity (Wildman–Crippen MR) is 119 cm³/mol. The third kappa shape index (κ3) is 4.77. The third-order valence-electron chi connectivity index (χ3n) is 6.33. The Balaban J connectivity index is 1.91. The number of methoxy groups -OCH3 is 1. The van der Waals surface area contributed by atoms with E-state index in [2.05, 4.69) is 25.2 Å². The number of carbonyl (C=O) groups is 2. The lowest BCUT2D eigenvalue weighted by Crippen LogP contribution is -2.58. The summed E-state index contributed by atoms with van der Waals surface area (Å²) in [6, 6.07) is 7.72. The highest BCUT2D eigenvalue weighted by Crippen LogP contribution is 2.38. The first kappa shape index (κ1) is 22.1. The monoisotopic (exact) mass is 410 g/mol. The molecule has 3 unspecified atom stereocenters. The molecule has 0 aromatic heterocycles. The molecule has 30 heavy (non-hydrogen) atoms. The van der Waals surface area contributed by atoms with Gasteiger partial charge in [0.2, 0.25) is 11.8 Å². The average molecular weight is 411 g/mol. The van der Waals surface area contributed by atoms with Crippen molar-refractivity contribution >= 4 is 11.8 Å². The van der Waals surface area contributed by atoms with Gasteiger partial charge >= 0.3 is 0 Å². The standard InChI is InChI=1S/C25H34N2O3/c1-18(2)13-15-26-24(29)25(3)14-12-20-9-5-6-11-22(20)23(28)27(25)17-19-8-7-10-21(16-19)30-4/h5-11,16,18,20,22H,12-15,17H2,1-4H3,(H,26,29). The van der Waals surface area contributed by atoms with E-state index >= 15 is 0 Å². The smallest absolute Gasteiger partial charge is 0.245 e. The summed E-state index contributed by atoms with van der Waals surface area (Å²) in [5.74, 6) is 1.14. The Morgan fingerprint density at radius 2 is 2.07 bits per heavy atom. The number of rotatable bonds is 7. The van der Waals surface area contributed by atoms with E-state index in [-0.39, 0.29) is 23.7 Å². The van der Waals surface area contributed by atoms with E-state index in [4.69, 9.17) is 4.74 Å². The summed E-state index contributed by atoms with van der Waals surface area (Å²) in [7, 11) is 1.63. The Bertz CT molecular complexity index is 829. The molecule has 1 fully saturated rings. The van der Waals surface area contributed by atoms with Gasteiger partial charge in [0.05, 0.1) is 13.0 Å². The zero-order valence-corrected chi connectivity index (χ0v) is 18.6. The highest BCUT2D eigenvalue weighted by molar-refractivity contribution is 5.93. The highest BCUT2D eigenvalue weighted by atomic mass is 16.5. The molecule has 1 N–H and O–H groups in total. The zero-order valence-electron chi connectivity index (χ0n) is 18.6. The van der Waals surface area contributed by atoms with Crippen LogP contribution in [0.3, 0.4) is 0 Å². The third-order valence-corrected chi connectivity index (χ3v) is 6.33. The van der Waals surface area contributed by atoms with Crippen LogP contribution in [-0.4, -0.2) is 35.9 Å². The van der Waals surface area contributed by atoms with Crippen LogP contribution >= 0.6 is 0 Å². The van der Waals surface area contributed by atoms with Gasteiger partial charge in [-0.2, -0.15) is 0 Å². The summed E-state index contributed by atoms with van der Waals surface area (Å²) in [6.45, 7) is 7.20. The number of hydrogen-bond donors (Lipinski definition) is 1. The quantitative estimate of drug-likeness (QED) is 0.736. The number of nitrogens with zero attached hydrogens (tertiary/aromatic N) is 1. The first-order valence-corrected chi connectivity index (χ1v) is 10.9. The van der Waals surface area contributed by atoms with Crippen LogP contribution in [0.4, 0.5) is 0 Å². The molecule has 1 heterocycles. The molecule has 1 aliphatic heterocycles. The number of nitrogens with one attached hydrogen (secondary N) is 1. The molecule has 0 saturated carbocycles. The first-order chi connectivity index (χ1) is 14.3. The number of fused-ring (bicyclic) bond motifs is 1. The Morgan fingerprint density at radius 1 is 1.30 bits per heavy atom. The zero-order chi connectivity index (χ0) is 21.7. The number of benzene rings is 1. The molecule has 1 aromatic carbocycles. The van der Waals surface area contributed by atoms with E-state index in [9.17, 15) is 9.59 Å². The molecule has 2 amide bonds. The van der Waals surface area contributed by atoms with Crippen molar-refractivity contribution in [2.24, 2.45) is 17.8 Å². The predicted octanol–water partition coefficient (Wildman–Crippen LogP) is 4.10. The molecule has 0 bridgehead atoms. The molecule has 5 heteroatoms. The first-order valence-electron chi connectivity index (χ1n) is 10.9. The van der Waals surface area contributed by atoms with E-state index < -0.39 is 5.54 Å². The maximum absolute atomic E-state index is 13.7. The molecule has 0 spiro atoms. The van der Waals surface area contributed by atoms with Crippen LogP contribution in [0.1, 0.15) is 45.6 Å². The minimum Gasteiger partial charge on any atom is -0.497 e. The molecule has 1 aliphatic carbocycles. The highest BCUT2D eigenvalue weighted by Gasteiger charge is 2.47. The lowest BCUT2D eigenvalue weighted by molar-refractivity contribution is -0.149. The van der Waals surface area contributed by atoms with Crippen LogP contribution in [-0.2, 0) is 16.1 Å². The topological polar surface area (TPSA) is 58.6 Å². The van der Waals surface area contributed by atoms with Gasteiger partial charge in [-0.05, 0) is 55.7 Å². The largest absolute Gasteiger partial charge is 0.497 e. The van der Waals surface area contributed by atoms with Crippen molar-refractivity contribution in [2.45, 2.75) is 52.1 Å². The van der Waals surface area contributed by atoms with Gasteiger partial charge in [0, 0.05) is 13.1 Å². The van der Waals surface area contributed by atoms with Gasteiger partial charge in [-0.15, -0.1) is 0 Å². The van der Waals surface area contributed by atoms with Crippen molar-refractivity contribution in [3.8, 4) is 5.75 Å². The second-order valence-corrected chi connectivity index (χ2v) is 8.99. The van der Waals surface area contributed by atoms with Crippen molar-refractivity contribution in [3.05, 3.63) is 54.1 Å². The molecule has 3 atom stereocenters. The van der Waals surface area contributed by atoms with Gasteiger partial charge in [0.15, 0.2) is 0 Å². The fraction of sp³-hybridized carbons (Fsp3) is 0.520. The Kier molecular flexibility index (Phi) is 7.01. The van der Waals surface area contributed by atoms with E-state index in [1.54, 1.807) is 12.0 Å². The summed E-state index contributed by atoms with van der Waals surface area (Å²) in [4.78, 5) is 28.8. The van der Waals surface area contributed by atoms with Crippen molar-refractivity contribution in [3.63, 3.8) is 0 Å². The summed E-state index contributed by atoms with van der Waals surface area (Å²) < 4.78 is 5.35. The van der Waals surface area contributed by atoms with E-state index in [1.807, 2.05) is 49.4 Å². The van der Waals surface area contributed by atoms with Gasteiger partial charge < -0.3 is 15.0 Å². The molecule has 0 radical (unpaired) electrons. The number of carbonyl (C=O) groups excluding carboxylic acids is 2. The molecule has 2 aliphatic rings. The minimum atomic E-state index is -0.893. The molecular weight excluding hydrogens is 376 g/mol. The maximum atomic E-state index is 13.7. The number of ether oxygens (including phenoxy) is 1. The van der Waals surface area contributed by atoms with Crippen LogP contribution in [0.15, 0.2) is 48.6 Å². The molecule has 1 saturated heterocycles. The molecular formula is C25H34N2O3. The molecule has 5 nitrogen and oxygen atoms in total. The van der Waals surface area contributed by atoms with E-state index in [0.717, 1.165) is 24.2 Å². The fourth-order valence-corrected chi connectivity index (χ4v) is 4.31. The number of hydrogen-bond acceptors (Lipinski definition) is 3. The molecule has 162 valence electrons. The normalized spacial score (nSPS) is 25.8. The van der Waals surface area contributed by atoms with Gasteiger partial charge in [0.25, 0.3) is 0 Å². The van der Waals surface area contributed by atoms with E-state index in [1.165, 1.54) is 0 Å². The van der Waals surface area contributed by atoms with Crippen LogP contribution in [0.25, 0.3) is 0 Å². The Hall–Kier alpha value is -2.56. The number of allylic oxidation sites excluding steroid dienone is 3. The van der Waals surface area contributed by atoms with Gasteiger partial charge in [-0.3, -0.25) is 9.59 Å². The average Bonchev–Trinajstić information content (AvgIpc) is 2.85. The van der Waals surface area contributed by atoms with Crippen molar-refractivity contribution < 1.29 is 14.3 Å². The van der Waals surface area contributed by atoms with Crippen molar-refractivity contribution in [1.29, 1.82) is 0 Å². The molecule has 1 aromatic rings. The van der Waals surface area contributed by atoms with Crippen LogP contribution in [0.5, 0.6) is 5.75 Å². The maximum Gasteiger partial charge on any atom is 0.245 e. The summed E-state index contributed by atoms with van der Waals surface area (Å²) in [5.41, 5.74) is 0.0635. The van der Waals surface area contributed by atoms with Gasteiger partial charge in [0.1, 0.15) is 11.3 Å². The summed E-state index contributed by atoms with van der Waals surface area (Å²) >= 11 is 0. The van der Waals surface area contributed by atoms with Crippen LogP contribution in [0.2, 0.25) is 0 Å². The van der Waals surface area contributed by atoms with Gasteiger partial charge in [-0.25, -0.2) is 0 Å². The number of amides is 2. The fourth-order valence-electron chi connectivity index (χ4n) is 4.31. The minimum absolute atomic E-state index is 0.0161. The lowest BCUT2D eigenvalue weighted by atomic mass is 9.84. The Morgan fingerprint density at radius 3 is 2.80 bits per heavy atom. The van der Waals surface area contributed by atoms with Crippen LogP contribution in [0, 0.1) is 17.8 Å². The van der Waals surface area contributed by atoms with Crippen LogP contribution < -0.4 is 10.1 Å². The Labute approximate surface area is 180 Å². The lowest BCUT2D eigenvalue weighted by Gasteiger charge is -2.40. The SMILES string of the molecule is COc1cccc(CN2C(=O)C3C=CC=CC3CCC2(C)C(=O)NCCC(C)C)c1. The number of likely N-dealkylation sites (tertiary alicyclic amines) is 1. The van der Waals surface area contributed by atoms with Crippen molar-refractivity contribution in [2.75, 3.05) is 13.7 Å². The second kappa shape index (κ2) is 9.50. The summed E-state index contributed by atoms with van der Waals surface area (Å²) in [5, 5.41) is 3.10. The van der Waals surface area contributed by atoms with Gasteiger partial charge in [-0.1, -0.05) is 50.3 Å². The van der Waals surface area contributed by atoms with E-state index in [0.29, 0.717) is 25.4 Å². The summed E-state index contributed by atoms with van der Waals surface area (Å²) in [6.07, 6.45) is 10.4. The molecule has 3 rings (SSSR count).